The van der Waals surface area contributed by atoms with Crippen molar-refractivity contribution in [3.63, 3.8) is 0 Å². The van der Waals surface area contributed by atoms with Gasteiger partial charge in [0.1, 0.15) is 0 Å². The Bertz CT molecular complexity index is 464. The summed E-state index contributed by atoms with van der Waals surface area (Å²) in [5.74, 6) is 2.03. The summed E-state index contributed by atoms with van der Waals surface area (Å²) in [6.07, 6.45) is 1.54. The lowest BCUT2D eigenvalue weighted by Gasteiger charge is -2.17. The number of hydrogen-bond acceptors (Lipinski definition) is 5. The predicted molar refractivity (Wildman–Crippen MR) is 72.8 cm³/mol. The van der Waals surface area contributed by atoms with Gasteiger partial charge in [0, 0.05) is 23.8 Å². The molecule has 0 spiro atoms. The van der Waals surface area contributed by atoms with Crippen LogP contribution in [0.5, 0.6) is 0 Å². The fraction of sp³-hybridized carbons (Fsp3) is 0.538. The average molecular weight is 265 g/mol. The minimum Gasteiger partial charge on any atom is -0.339 e. The van der Waals surface area contributed by atoms with Crippen molar-refractivity contribution < 1.29 is 4.52 Å². The van der Waals surface area contributed by atoms with Gasteiger partial charge in [0.25, 0.3) is 0 Å². The van der Waals surface area contributed by atoms with Crippen molar-refractivity contribution in [1.29, 1.82) is 0 Å². The molecular formula is C13H19N3OS. The van der Waals surface area contributed by atoms with Gasteiger partial charge in [-0.05, 0) is 24.4 Å². The molecule has 1 N–H and O–H groups in total. The summed E-state index contributed by atoms with van der Waals surface area (Å²) >= 11 is 1.72. The van der Waals surface area contributed by atoms with Crippen molar-refractivity contribution in [2.24, 2.45) is 5.92 Å². The Morgan fingerprint density at radius 1 is 1.44 bits per heavy atom. The lowest BCUT2D eigenvalue weighted by atomic mass is 10.0. The molecule has 0 bridgehead atoms. The van der Waals surface area contributed by atoms with Crippen LogP contribution in [-0.4, -0.2) is 23.2 Å². The minimum absolute atomic E-state index is 0.375. The van der Waals surface area contributed by atoms with E-state index >= 15 is 0 Å². The molecule has 0 saturated heterocycles. The molecule has 1 atom stereocenters. The number of likely N-dealkylation sites (N-methyl/N-ethyl adjacent to an activating group) is 1. The zero-order valence-electron chi connectivity index (χ0n) is 11.0. The third-order valence-corrected chi connectivity index (χ3v) is 3.87. The van der Waals surface area contributed by atoms with Gasteiger partial charge in [0.05, 0.1) is 0 Å². The van der Waals surface area contributed by atoms with E-state index < -0.39 is 0 Å². The Hall–Kier alpha value is -1.20. The van der Waals surface area contributed by atoms with Gasteiger partial charge < -0.3 is 9.84 Å². The summed E-state index contributed by atoms with van der Waals surface area (Å²) in [6.45, 7) is 4.37. The van der Waals surface area contributed by atoms with E-state index in [-0.39, 0.29) is 0 Å². The van der Waals surface area contributed by atoms with Crippen LogP contribution in [0.4, 0.5) is 0 Å². The van der Waals surface area contributed by atoms with Gasteiger partial charge in [-0.25, -0.2) is 0 Å². The topological polar surface area (TPSA) is 51.0 Å². The largest absolute Gasteiger partial charge is 0.339 e. The molecule has 0 saturated carbocycles. The highest BCUT2D eigenvalue weighted by Gasteiger charge is 2.16. The highest BCUT2D eigenvalue weighted by Crippen LogP contribution is 2.14. The van der Waals surface area contributed by atoms with Crippen LogP contribution in [0.15, 0.2) is 22.0 Å². The molecule has 18 heavy (non-hydrogen) atoms. The van der Waals surface area contributed by atoms with E-state index in [1.54, 1.807) is 11.3 Å². The fourth-order valence-electron chi connectivity index (χ4n) is 1.87. The predicted octanol–water partition coefficient (Wildman–Crippen LogP) is 2.51. The molecule has 0 fully saturated rings. The third kappa shape index (κ3) is 3.40. The maximum absolute atomic E-state index is 5.30. The average Bonchev–Trinajstić information content (AvgIpc) is 2.98. The highest BCUT2D eigenvalue weighted by molar-refractivity contribution is 7.09. The van der Waals surface area contributed by atoms with Gasteiger partial charge in [0.15, 0.2) is 5.82 Å². The first-order valence-electron chi connectivity index (χ1n) is 6.20. The van der Waals surface area contributed by atoms with E-state index in [1.165, 1.54) is 4.88 Å². The van der Waals surface area contributed by atoms with E-state index in [9.17, 15) is 0 Å². The molecule has 0 aliphatic heterocycles. The maximum Gasteiger partial charge on any atom is 0.228 e. The molecule has 2 aromatic heterocycles. The fourth-order valence-corrected chi connectivity index (χ4v) is 2.57. The first-order valence-corrected chi connectivity index (χ1v) is 7.08. The van der Waals surface area contributed by atoms with E-state index in [4.69, 9.17) is 4.52 Å². The number of hydrogen-bond donors (Lipinski definition) is 1. The van der Waals surface area contributed by atoms with Crippen molar-refractivity contribution in [3.05, 3.63) is 34.1 Å². The van der Waals surface area contributed by atoms with E-state index in [0.29, 0.717) is 12.0 Å². The van der Waals surface area contributed by atoms with E-state index in [2.05, 4.69) is 40.8 Å². The summed E-state index contributed by atoms with van der Waals surface area (Å²) in [5.41, 5.74) is 0. The van der Waals surface area contributed by atoms with Crippen LogP contribution < -0.4 is 5.32 Å². The minimum atomic E-state index is 0.375. The highest BCUT2D eigenvalue weighted by atomic mass is 32.1. The Balaban J connectivity index is 1.97. The number of aromatic nitrogens is 2. The number of nitrogens with zero attached hydrogens (tertiary/aromatic N) is 2. The summed E-state index contributed by atoms with van der Waals surface area (Å²) < 4.78 is 5.30. The molecule has 0 amide bonds. The first-order chi connectivity index (χ1) is 8.69. The zero-order chi connectivity index (χ0) is 13.0. The van der Waals surface area contributed by atoms with Gasteiger partial charge in [0.2, 0.25) is 5.89 Å². The van der Waals surface area contributed by atoms with Gasteiger partial charge in [-0.3, -0.25) is 0 Å². The van der Waals surface area contributed by atoms with Crippen molar-refractivity contribution in [1.82, 2.24) is 15.5 Å². The molecule has 0 aliphatic carbocycles. The lowest BCUT2D eigenvalue weighted by Crippen LogP contribution is -2.32. The molecule has 2 rings (SSSR count). The van der Waals surface area contributed by atoms with Gasteiger partial charge in [-0.15, -0.1) is 11.3 Å². The van der Waals surface area contributed by atoms with Crippen molar-refractivity contribution in [2.45, 2.75) is 32.7 Å². The molecule has 1 unspecified atom stereocenters. The zero-order valence-corrected chi connectivity index (χ0v) is 11.8. The SMILES string of the molecule is CNC(Cc1nc(Cc2cccs2)no1)C(C)C. The molecule has 98 valence electrons. The quantitative estimate of drug-likeness (QED) is 0.872. The monoisotopic (exact) mass is 265 g/mol. The van der Waals surface area contributed by atoms with Crippen molar-refractivity contribution in [2.75, 3.05) is 7.05 Å². The molecular weight excluding hydrogens is 246 g/mol. The van der Waals surface area contributed by atoms with Crippen molar-refractivity contribution >= 4 is 11.3 Å². The Morgan fingerprint density at radius 2 is 2.28 bits per heavy atom. The normalized spacial score (nSPS) is 13.1. The molecule has 2 heterocycles. The Labute approximate surface area is 111 Å². The smallest absolute Gasteiger partial charge is 0.228 e. The summed E-state index contributed by atoms with van der Waals surface area (Å²) in [7, 11) is 1.97. The number of nitrogens with one attached hydrogen (secondary N) is 1. The second-order valence-electron chi connectivity index (χ2n) is 4.70. The molecule has 0 aliphatic rings. The lowest BCUT2D eigenvalue weighted by molar-refractivity contribution is 0.333. The maximum atomic E-state index is 5.30. The molecule has 0 aromatic carbocycles. The molecule has 5 heteroatoms. The summed E-state index contributed by atoms with van der Waals surface area (Å²) in [4.78, 5) is 5.70. The van der Waals surface area contributed by atoms with Crippen LogP contribution in [0.25, 0.3) is 0 Å². The van der Waals surface area contributed by atoms with Gasteiger partial charge in [-0.1, -0.05) is 25.1 Å². The van der Waals surface area contributed by atoms with E-state index in [0.717, 1.165) is 24.6 Å². The second-order valence-corrected chi connectivity index (χ2v) is 5.74. The van der Waals surface area contributed by atoms with Gasteiger partial charge >= 0.3 is 0 Å². The molecule has 2 aromatic rings. The first kappa shape index (κ1) is 13.2. The van der Waals surface area contributed by atoms with Gasteiger partial charge in [-0.2, -0.15) is 4.98 Å². The standard InChI is InChI=1S/C13H19N3OS/c1-9(2)11(14-3)8-13-15-12(16-17-13)7-10-5-4-6-18-10/h4-6,9,11,14H,7-8H2,1-3H3. The van der Waals surface area contributed by atoms with Crippen LogP contribution in [0.1, 0.15) is 30.4 Å². The van der Waals surface area contributed by atoms with Crippen molar-refractivity contribution in [3.8, 4) is 0 Å². The number of thiophene rings is 1. The Kier molecular flexibility index (Phi) is 4.49. The molecule has 4 nitrogen and oxygen atoms in total. The summed E-state index contributed by atoms with van der Waals surface area (Å²) in [6, 6.07) is 4.50. The number of rotatable bonds is 6. The van der Waals surface area contributed by atoms with Crippen LogP contribution in [0.2, 0.25) is 0 Å². The van der Waals surface area contributed by atoms with Crippen LogP contribution in [-0.2, 0) is 12.8 Å². The van der Waals surface area contributed by atoms with Crippen LogP contribution >= 0.6 is 11.3 Å². The molecule has 0 radical (unpaired) electrons. The second kappa shape index (κ2) is 6.11. The van der Waals surface area contributed by atoms with Crippen LogP contribution in [0.3, 0.4) is 0 Å². The van der Waals surface area contributed by atoms with Crippen LogP contribution in [0, 0.1) is 5.92 Å². The Morgan fingerprint density at radius 3 is 2.89 bits per heavy atom. The third-order valence-electron chi connectivity index (χ3n) is 2.99. The van der Waals surface area contributed by atoms with E-state index in [1.807, 2.05) is 13.1 Å². The summed E-state index contributed by atoms with van der Waals surface area (Å²) in [5, 5.41) is 9.37.